The molecule has 2 aromatic rings. The molecule has 0 aliphatic carbocycles. The molecule has 0 aromatic heterocycles. The molecule has 0 saturated carbocycles. The van der Waals surface area contributed by atoms with E-state index in [-0.39, 0.29) is 49.3 Å². The number of nitro groups is 2. The van der Waals surface area contributed by atoms with Crippen molar-refractivity contribution in [3.8, 4) is 0 Å². The molecular weight excluding hydrogens is 520 g/mol. The van der Waals surface area contributed by atoms with Crippen LogP contribution in [0, 0.1) is 20.2 Å². The SMILES string of the molecule is CN(CC[C@H](O)[C@@H]1C[C@H](S)CN1C(=O)OCc1ccc([N+](=O)[O-])cc1)C(=O)OCc1ccc([N+](=O)[O-])cc1. The van der Waals surface area contributed by atoms with E-state index in [4.69, 9.17) is 9.47 Å². The number of rotatable bonds is 10. The highest BCUT2D eigenvalue weighted by atomic mass is 32.1. The van der Waals surface area contributed by atoms with E-state index in [1.54, 1.807) is 0 Å². The van der Waals surface area contributed by atoms with Crippen molar-refractivity contribution in [3.63, 3.8) is 0 Å². The minimum absolute atomic E-state index is 0.0641. The predicted molar refractivity (Wildman–Crippen MR) is 138 cm³/mol. The van der Waals surface area contributed by atoms with Crippen molar-refractivity contribution >= 4 is 36.2 Å². The molecule has 1 heterocycles. The van der Waals surface area contributed by atoms with Crippen LogP contribution in [0.2, 0.25) is 0 Å². The summed E-state index contributed by atoms with van der Waals surface area (Å²) in [6.45, 7) is 0.273. The maximum Gasteiger partial charge on any atom is 0.410 e. The molecule has 13 nitrogen and oxygen atoms in total. The Morgan fingerprint density at radius 2 is 1.53 bits per heavy atom. The summed E-state index contributed by atoms with van der Waals surface area (Å²) in [7, 11) is 1.51. The Morgan fingerprint density at radius 1 is 1.03 bits per heavy atom. The van der Waals surface area contributed by atoms with E-state index < -0.39 is 34.2 Å². The molecule has 0 bridgehead atoms. The zero-order chi connectivity index (χ0) is 27.8. The van der Waals surface area contributed by atoms with Gasteiger partial charge in [0.15, 0.2) is 0 Å². The molecule has 1 N–H and O–H groups in total. The van der Waals surface area contributed by atoms with Crippen LogP contribution in [0.5, 0.6) is 0 Å². The quantitative estimate of drug-likeness (QED) is 0.256. The third kappa shape index (κ3) is 7.79. The molecule has 3 rings (SSSR count). The van der Waals surface area contributed by atoms with Gasteiger partial charge in [0, 0.05) is 49.7 Å². The number of aliphatic hydroxyl groups is 1. The Labute approximate surface area is 223 Å². The minimum atomic E-state index is -0.955. The molecule has 204 valence electrons. The summed E-state index contributed by atoms with van der Waals surface area (Å²) in [4.78, 5) is 48.2. The average Bonchev–Trinajstić information content (AvgIpc) is 3.31. The number of likely N-dealkylation sites (tertiary alicyclic amines) is 1. The highest BCUT2D eigenvalue weighted by Crippen LogP contribution is 2.27. The Balaban J connectivity index is 1.46. The summed E-state index contributed by atoms with van der Waals surface area (Å²) >= 11 is 4.44. The fraction of sp³-hybridized carbons (Fsp3) is 0.417. The van der Waals surface area contributed by atoms with Gasteiger partial charge in [-0.25, -0.2) is 9.59 Å². The first-order chi connectivity index (χ1) is 18.0. The second-order valence-corrected chi connectivity index (χ2v) is 9.57. The van der Waals surface area contributed by atoms with Gasteiger partial charge in [0.1, 0.15) is 13.2 Å². The van der Waals surface area contributed by atoms with E-state index in [9.17, 15) is 34.9 Å². The van der Waals surface area contributed by atoms with Crippen molar-refractivity contribution in [2.45, 2.75) is 43.5 Å². The maximum absolute atomic E-state index is 12.7. The number of thiol groups is 1. The smallest absolute Gasteiger partial charge is 0.410 e. The third-order valence-electron chi connectivity index (χ3n) is 6.09. The van der Waals surface area contributed by atoms with Crippen molar-refractivity contribution < 1.29 is 34.0 Å². The summed E-state index contributed by atoms with van der Waals surface area (Å²) < 4.78 is 10.6. The highest BCUT2D eigenvalue weighted by Gasteiger charge is 2.39. The summed E-state index contributed by atoms with van der Waals surface area (Å²) in [5.41, 5.74) is 1.04. The van der Waals surface area contributed by atoms with Crippen molar-refractivity contribution in [1.29, 1.82) is 0 Å². The Hall–Kier alpha value is -3.91. The molecule has 0 unspecified atom stereocenters. The highest BCUT2D eigenvalue weighted by molar-refractivity contribution is 7.81. The van der Waals surface area contributed by atoms with E-state index in [0.29, 0.717) is 17.5 Å². The van der Waals surface area contributed by atoms with Crippen LogP contribution in [-0.4, -0.2) is 74.5 Å². The molecule has 1 fully saturated rings. The first-order valence-corrected chi connectivity index (χ1v) is 12.2. The topological polar surface area (TPSA) is 166 Å². The zero-order valence-corrected chi connectivity index (χ0v) is 21.4. The van der Waals surface area contributed by atoms with E-state index >= 15 is 0 Å². The molecule has 14 heteroatoms. The molecule has 0 spiro atoms. The number of hydrogen-bond acceptors (Lipinski definition) is 10. The lowest BCUT2D eigenvalue weighted by molar-refractivity contribution is -0.385. The molecule has 1 aliphatic rings. The van der Waals surface area contributed by atoms with Gasteiger partial charge in [0.2, 0.25) is 0 Å². The molecule has 0 radical (unpaired) electrons. The van der Waals surface area contributed by atoms with E-state index in [2.05, 4.69) is 12.6 Å². The number of ether oxygens (including phenoxy) is 2. The van der Waals surface area contributed by atoms with Crippen LogP contribution < -0.4 is 0 Å². The maximum atomic E-state index is 12.7. The van der Waals surface area contributed by atoms with Crippen LogP contribution in [0.3, 0.4) is 0 Å². The van der Waals surface area contributed by atoms with Crippen molar-refractivity contribution in [2.24, 2.45) is 0 Å². The van der Waals surface area contributed by atoms with Crippen molar-refractivity contribution in [3.05, 3.63) is 79.9 Å². The number of hydrogen-bond donors (Lipinski definition) is 2. The van der Waals surface area contributed by atoms with Gasteiger partial charge in [-0.05, 0) is 48.2 Å². The van der Waals surface area contributed by atoms with E-state index in [1.165, 1.54) is 65.4 Å². The Morgan fingerprint density at radius 3 is 2.03 bits per heavy atom. The monoisotopic (exact) mass is 548 g/mol. The number of nitro benzene ring substituents is 2. The van der Waals surface area contributed by atoms with E-state index in [0.717, 1.165) is 0 Å². The van der Waals surface area contributed by atoms with Crippen LogP contribution in [0.15, 0.2) is 48.5 Å². The van der Waals surface area contributed by atoms with Crippen LogP contribution in [0.1, 0.15) is 24.0 Å². The number of carbonyl (C=O) groups is 2. The van der Waals surface area contributed by atoms with Crippen LogP contribution in [-0.2, 0) is 22.7 Å². The molecule has 38 heavy (non-hydrogen) atoms. The first-order valence-electron chi connectivity index (χ1n) is 11.7. The van der Waals surface area contributed by atoms with E-state index in [1.807, 2.05) is 0 Å². The fourth-order valence-corrected chi connectivity index (χ4v) is 4.33. The van der Waals surface area contributed by atoms with Crippen LogP contribution in [0.4, 0.5) is 21.0 Å². The van der Waals surface area contributed by atoms with Gasteiger partial charge in [0.25, 0.3) is 11.4 Å². The zero-order valence-electron chi connectivity index (χ0n) is 20.5. The van der Waals surface area contributed by atoms with Crippen LogP contribution in [0.25, 0.3) is 0 Å². The van der Waals surface area contributed by atoms with Gasteiger partial charge < -0.3 is 24.4 Å². The number of aliphatic hydroxyl groups excluding tert-OH is 1. The van der Waals surface area contributed by atoms with Gasteiger partial charge in [-0.3, -0.25) is 20.2 Å². The Kier molecular flexibility index (Phi) is 9.85. The normalized spacial score (nSPS) is 17.5. The molecule has 3 atom stereocenters. The van der Waals surface area contributed by atoms with Gasteiger partial charge >= 0.3 is 12.2 Å². The van der Waals surface area contributed by atoms with Crippen molar-refractivity contribution in [2.75, 3.05) is 20.1 Å². The number of benzene rings is 2. The lowest BCUT2D eigenvalue weighted by Crippen LogP contribution is -2.44. The number of nitrogens with zero attached hydrogens (tertiary/aromatic N) is 4. The molecule has 2 amide bonds. The fourth-order valence-electron chi connectivity index (χ4n) is 3.94. The summed E-state index contributed by atoms with van der Waals surface area (Å²) in [5.74, 6) is 0. The summed E-state index contributed by atoms with van der Waals surface area (Å²) in [6.07, 6.45) is -1.62. The summed E-state index contributed by atoms with van der Waals surface area (Å²) in [5, 5.41) is 32.1. The largest absolute Gasteiger partial charge is 0.445 e. The van der Waals surface area contributed by atoms with Crippen molar-refractivity contribution in [1.82, 2.24) is 9.80 Å². The second kappa shape index (κ2) is 13.1. The van der Waals surface area contributed by atoms with Gasteiger partial charge in [-0.15, -0.1) is 0 Å². The van der Waals surface area contributed by atoms with Gasteiger partial charge in [-0.1, -0.05) is 0 Å². The lowest BCUT2D eigenvalue weighted by atomic mass is 10.1. The average molecular weight is 549 g/mol. The molecule has 2 aromatic carbocycles. The summed E-state index contributed by atoms with van der Waals surface area (Å²) in [6, 6.07) is 10.7. The molecule has 1 saturated heterocycles. The minimum Gasteiger partial charge on any atom is -0.445 e. The third-order valence-corrected chi connectivity index (χ3v) is 6.47. The standard InChI is InChI=1S/C24H28N4O9S/c1-25(23(30)36-14-16-2-6-18(7-3-16)27(32)33)11-10-22(29)21-12-20(38)13-26(21)24(31)37-15-17-4-8-19(9-5-17)28(34)35/h2-9,20-22,29,38H,10-15H2,1H3/t20-,21-,22-/m0/s1. The second-order valence-electron chi connectivity index (χ2n) is 8.84. The van der Waals surface area contributed by atoms with Gasteiger partial charge in [-0.2, -0.15) is 12.6 Å². The number of amides is 2. The molecule has 1 aliphatic heterocycles. The number of carbonyl (C=O) groups excluding carboxylic acids is 2. The first kappa shape index (κ1) is 28.7. The lowest BCUT2D eigenvalue weighted by Gasteiger charge is -2.29. The van der Waals surface area contributed by atoms with Crippen LogP contribution >= 0.6 is 12.6 Å². The Bertz CT molecular complexity index is 1150. The number of non-ortho nitro benzene ring substituents is 2. The predicted octanol–water partition coefficient (Wildman–Crippen LogP) is 3.53. The molecular formula is C24H28N4O9S. The van der Waals surface area contributed by atoms with Gasteiger partial charge in [0.05, 0.1) is 22.0 Å².